The van der Waals surface area contributed by atoms with Crippen LogP contribution in [0.5, 0.6) is 0 Å². The molecule has 0 atom stereocenters. The highest BCUT2D eigenvalue weighted by atomic mass is 35.5. The molecule has 0 aliphatic heterocycles. The maximum Gasteiger partial charge on any atom is 0.213 e. The van der Waals surface area contributed by atoms with Crippen LogP contribution in [0.25, 0.3) is 11.1 Å². The van der Waals surface area contributed by atoms with Crippen LogP contribution in [0.3, 0.4) is 0 Å². The van der Waals surface area contributed by atoms with Crippen molar-refractivity contribution in [1.82, 2.24) is 10.1 Å². The minimum atomic E-state index is -0.583. The van der Waals surface area contributed by atoms with Crippen LogP contribution >= 0.6 is 11.6 Å². The Hall–Kier alpha value is -2.14. The van der Waals surface area contributed by atoms with Crippen LogP contribution in [-0.4, -0.2) is 10.1 Å². The Morgan fingerprint density at radius 1 is 1.22 bits per heavy atom. The van der Waals surface area contributed by atoms with Gasteiger partial charge in [0.2, 0.25) is 11.8 Å². The maximum absolute atomic E-state index is 13.1. The van der Waals surface area contributed by atoms with E-state index in [-0.39, 0.29) is 0 Å². The highest BCUT2D eigenvalue weighted by molar-refractivity contribution is 6.30. The first kappa shape index (κ1) is 11.0. The van der Waals surface area contributed by atoms with Crippen molar-refractivity contribution in [3.8, 4) is 0 Å². The predicted molar refractivity (Wildman–Crippen MR) is 66.5 cm³/mol. The van der Waals surface area contributed by atoms with Gasteiger partial charge in [0.05, 0.1) is 0 Å². The average Bonchev–Trinajstić information content (AvgIpc) is 2.72. The second kappa shape index (κ2) is 4.27. The Labute approximate surface area is 106 Å². The molecule has 2 heterocycles. The lowest BCUT2D eigenvalue weighted by Crippen LogP contribution is -1.92. The lowest BCUT2D eigenvalue weighted by molar-refractivity contribution is 0.459. The van der Waals surface area contributed by atoms with Gasteiger partial charge in [0.25, 0.3) is 0 Å². The molecular weight excluding hydrogens is 257 g/mol. The molecule has 0 spiro atoms. The van der Waals surface area contributed by atoms with Crippen molar-refractivity contribution in [3.05, 3.63) is 47.4 Å². The molecule has 90 valence electrons. The normalized spacial score (nSPS) is 10.8. The van der Waals surface area contributed by atoms with Crippen molar-refractivity contribution < 1.29 is 8.91 Å². The van der Waals surface area contributed by atoms with Gasteiger partial charge in [-0.15, -0.1) is 0 Å². The molecule has 0 aliphatic carbocycles. The molecule has 4 nitrogen and oxygen atoms in total. The lowest BCUT2D eigenvalue weighted by atomic mass is 10.3. The molecule has 0 unspecified atom stereocenters. The topological polar surface area (TPSA) is 51.0 Å². The van der Waals surface area contributed by atoms with Crippen molar-refractivity contribution in [2.75, 3.05) is 5.32 Å². The average molecular weight is 264 g/mol. The molecule has 18 heavy (non-hydrogen) atoms. The third-order valence-electron chi connectivity index (χ3n) is 2.37. The van der Waals surface area contributed by atoms with Gasteiger partial charge in [0.1, 0.15) is 0 Å². The minimum Gasteiger partial charge on any atom is -0.352 e. The Kier molecular flexibility index (Phi) is 2.60. The summed E-state index contributed by atoms with van der Waals surface area (Å²) in [6, 6.07) is 9.78. The molecule has 0 fully saturated rings. The van der Waals surface area contributed by atoms with Gasteiger partial charge >= 0.3 is 0 Å². The summed E-state index contributed by atoms with van der Waals surface area (Å²) in [4.78, 5) is 3.74. The molecule has 3 aromatic rings. The summed E-state index contributed by atoms with van der Waals surface area (Å²) >= 11 is 5.87. The van der Waals surface area contributed by atoms with E-state index in [1.165, 1.54) is 12.1 Å². The predicted octanol–water partition coefficient (Wildman–Crippen LogP) is 3.76. The molecule has 6 heteroatoms. The Bertz CT molecular complexity index is 713. The van der Waals surface area contributed by atoms with E-state index in [2.05, 4.69) is 15.5 Å². The molecule has 0 bridgehead atoms. The van der Waals surface area contributed by atoms with Crippen LogP contribution in [0.4, 0.5) is 15.9 Å². The number of anilines is 2. The smallest absolute Gasteiger partial charge is 0.213 e. The van der Waals surface area contributed by atoms with E-state index < -0.39 is 5.95 Å². The van der Waals surface area contributed by atoms with Crippen molar-refractivity contribution in [2.45, 2.75) is 0 Å². The second-order valence-corrected chi connectivity index (χ2v) is 4.08. The standard InChI is InChI=1S/C12H7ClFN3O/c13-7-2-1-3-8(6-7)15-12-11-9(18-17-12)4-5-10(14)16-11/h1-6H,(H,15,17). The van der Waals surface area contributed by atoms with Crippen LogP contribution in [0, 0.1) is 5.95 Å². The van der Waals surface area contributed by atoms with E-state index in [1.54, 1.807) is 18.2 Å². The number of benzene rings is 1. The van der Waals surface area contributed by atoms with Gasteiger partial charge in [0, 0.05) is 10.7 Å². The van der Waals surface area contributed by atoms with Gasteiger partial charge in [-0.1, -0.05) is 22.8 Å². The van der Waals surface area contributed by atoms with Gasteiger partial charge in [-0.25, -0.2) is 4.98 Å². The van der Waals surface area contributed by atoms with Crippen molar-refractivity contribution in [2.24, 2.45) is 0 Å². The first-order chi connectivity index (χ1) is 8.72. The minimum absolute atomic E-state index is 0.343. The van der Waals surface area contributed by atoms with Crippen molar-refractivity contribution in [1.29, 1.82) is 0 Å². The number of hydrogen-bond donors (Lipinski definition) is 1. The van der Waals surface area contributed by atoms with E-state index in [4.69, 9.17) is 16.1 Å². The number of rotatable bonds is 2. The number of fused-ring (bicyclic) bond motifs is 1. The summed E-state index contributed by atoms with van der Waals surface area (Å²) in [5.74, 6) is -0.230. The molecule has 3 rings (SSSR count). The number of nitrogens with one attached hydrogen (secondary N) is 1. The summed E-state index contributed by atoms with van der Waals surface area (Å²) in [6.45, 7) is 0. The molecule has 0 radical (unpaired) electrons. The highest BCUT2D eigenvalue weighted by Crippen LogP contribution is 2.25. The fourth-order valence-corrected chi connectivity index (χ4v) is 1.78. The molecule has 0 saturated heterocycles. The van der Waals surface area contributed by atoms with E-state index in [0.29, 0.717) is 21.9 Å². The Morgan fingerprint density at radius 2 is 2.11 bits per heavy atom. The fourth-order valence-electron chi connectivity index (χ4n) is 1.59. The summed E-state index contributed by atoms with van der Waals surface area (Å²) in [7, 11) is 0. The maximum atomic E-state index is 13.1. The first-order valence-corrected chi connectivity index (χ1v) is 5.55. The van der Waals surface area contributed by atoms with Crippen LogP contribution in [0.1, 0.15) is 0 Å². The zero-order chi connectivity index (χ0) is 12.5. The Morgan fingerprint density at radius 3 is 2.94 bits per heavy atom. The van der Waals surface area contributed by atoms with Crippen molar-refractivity contribution >= 4 is 34.2 Å². The van der Waals surface area contributed by atoms with Crippen LogP contribution in [0.15, 0.2) is 40.9 Å². The summed E-state index contributed by atoms with van der Waals surface area (Å²) < 4.78 is 18.1. The quantitative estimate of drug-likeness (QED) is 0.715. The summed E-state index contributed by atoms with van der Waals surface area (Å²) in [5, 5.41) is 7.37. The van der Waals surface area contributed by atoms with Crippen LogP contribution in [0.2, 0.25) is 5.02 Å². The van der Waals surface area contributed by atoms with Gasteiger partial charge in [0.15, 0.2) is 11.1 Å². The molecule has 1 aromatic carbocycles. The van der Waals surface area contributed by atoms with Crippen LogP contribution < -0.4 is 5.32 Å². The third-order valence-corrected chi connectivity index (χ3v) is 2.61. The largest absolute Gasteiger partial charge is 0.352 e. The second-order valence-electron chi connectivity index (χ2n) is 3.65. The zero-order valence-electron chi connectivity index (χ0n) is 9.02. The number of aromatic nitrogens is 2. The van der Waals surface area contributed by atoms with Crippen LogP contribution in [-0.2, 0) is 0 Å². The zero-order valence-corrected chi connectivity index (χ0v) is 9.78. The molecule has 0 amide bonds. The molecule has 0 saturated carbocycles. The molecular formula is C12H7ClFN3O. The Balaban J connectivity index is 2.02. The number of hydrogen-bond acceptors (Lipinski definition) is 4. The van der Waals surface area contributed by atoms with Gasteiger partial charge in [-0.2, -0.15) is 4.39 Å². The van der Waals surface area contributed by atoms with E-state index in [0.717, 1.165) is 5.69 Å². The van der Waals surface area contributed by atoms with Gasteiger partial charge in [-0.3, -0.25) is 0 Å². The number of pyridine rings is 1. The SMILES string of the molecule is Fc1ccc2onc(Nc3cccc(Cl)c3)c2n1. The molecule has 2 aromatic heterocycles. The number of nitrogens with zero attached hydrogens (tertiary/aromatic N) is 2. The van der Waals surface area contributed by atoms with E-state index in [1.807, 2.05) is 6.07 Å². The van der Waals surface area contributed by atoms with Gasteiger partial charge < -0.3 is 9.84 Å². The lowest BCUT2D eigenvalue weighted by Gasteiger charge is -2.02. The molecule has 1 N–H and O–H groups in total. The summed E-state index contributed by atoms with van der Waals surface area (Å²) in [5.41, 5.74) is 1.49. The van der Waals surface area contributed by atoms with E-state index >= 15 is 0 Å². The number of halogens is 2. The van der Waals surface area contributed by atoms with Gasteiger partial charge in [-0.05, 0) is 30.3 Å². The summed E-state index contributed by atoms with van der Waals surface area (Å²) in [6.07, 6.45) is 0. The highest BCUT2D eigenvalue weighted by Gasteiger charge is 2.10. The third kappa shape index (κ3) is 2.00. The van der Waals surface area contributed by atoms with E-state index in [9.17, 15) is 4.39 Å². The molecule has 0 aliphatic rings. The fraction of sp³-hybridized carbons (Fsp3) is 0. The first-order valence-electron chi connectivity index (χ1n) is 5.17. The van der Waals surface area contributed by atoms with Crippen molar-refractivity contribution in [3.63, 3.8) is 0 Å². The monoisotopic (exact) mass is 263 g/mol.